The zero-order valence-electron chi connectivity index (χ0n) is 12.9. The van der Waals surface area contributed by atoms with Crippen LogP contribution in [0, 0.1) is 6.07 Å². The Morgan fingerprint density at radius 2 is 1.95 bits per heavy atom. The summed E-state index contributed by atoms with van der Waals surface area (Å²) in [5, 5.41) is 2.91. The Balaban J connectivity index is 1.82. The molecule has 0 fully saturated rings. The third kappa shape index (κ3) is 4.52. The molecule has 0 aromatic heterocycles. The van der Waals surface area contributed by atoms with Crippen LogP contribution in [0.2, 0.25) is 0 Å². The molecule has 4 nitrogen and oxygen atoms in total. The number of carbonyl (C=O) groups excluding carboxylic acids is 1. The number of nitrogens with one attached hydrogen (secondary N) is 1. The van der Waals surface area contributed by atoms with Crippen LogP contribution in [0.25, 0.3) is 0 Å². The second kappa shape index (κ2) is 8.08. The van der Waals surface area contributed by atoms with Gasteiger partial charge < -0.3 is 14.8 Å². The predicted octanol–water partition coefficient (Wildman–Crippen LogP) is 2.41. The van der Waals surface area contributed by atoms with Crippen LogP contribution < -0.4 is 14.8 Å². The van der Waals surface area contributed by atoms with Crippen molar-refractivity contribution in [3.63, 3.8) is 0 Å². The van der Waals surface area contributed by atoms with Crippen molar-refractivity contribution >= 4 is 5.91 Å². The average molecular weight is 298 g/mol. The zero-order valence-corrected chi connectivity index (χ0v) is 12.9. The predicted molar refractivity (Wildman–Crippen MR) is 85.2 cm³/mol. The van der Waals surface area contributed by atoms with Gasteiger partial charge in [-0.05, 0) is 35.7 Å². The minimum Gasteiger partial charge on any atom is -0.493 e. The topological polar surface area (TPSA) is 47.6 Å². The molecule has 0 aliphatic rings. The molecule has 2 aromatic rings. The maximum Gasteiger partial charge on any atom is 0.224 e. The summed E-state index contributed by atoms with van der Waals surface area (Å²) in [5.41, 5.74) is 1.98. The highest BCUT2D eigenvalue weighted by atomic mass is 16.5. The maximum atomic E-state index is 11.9. The monoisotopic (exact) mass is 298 g/mol. The quantitative estimate of drug-likeness (QED) is 0.854. The van der Waals surface area contributed by atoms with Gasteiger partial charge in [0.2, 0.25) is 5.91 Å². The fourth-order valence-electron chi connectivity index (χ4n) is 2.16. The lowest BCUT2D eigenvalue weighted by Gasteiger charge is -2.10. The Hall–Kier alpha value is -2.49. The minimum absolute atomic E-state index is 0.00271. The molecule has 1 N–H and O–H groups in total. The smallest absolute Gasteiger partial charge is 0.224 e. The summed E-state index contributed by atoms with van der Waals surface area (Å²) in [6.07, 6.45) is 1.09. The summed E-state index contributed by atoms with van der Waals surface area (Å²) >= 11 is 0. The fourth-order valence-corrected chi connectivity index (χ4v) is 2.16. The summed E-state index contributed by atoms with van der Waals surface area (Å²) in [6.45, 7) is 0.584. The number of amides is 1. The molecule has 0 bridgehead atoms. The van der Waals surface area contributed by atoms with Crippen molar-refractivity contribution in [2.24, 2.45) is 0 Å². The van der Waals surface area contributed by atoms with Crippen LogP contribution >= 0.6 is 0 Å². The van der Waals surface area contributed by atoms with Gasteiger partial charge in [-0.1, -0.05) is 30.3 Å². The van der Waals surface area contributed by atoms with Crippen molar-refractivity contribution in [2.75, 3.05) is 20.8 Å². The molecular weight excluding hydrogens is 278 g/mol. The van der Waals surface area contributed by atoms with Gasteiger partial charge in [0.25, 0.3) is 0 Å². The van der Waals surface area contributed by atoms with Crippen molar-refractivity contribution < 1.29 is 14.3 Å². The lowest BCUT2D eigenvalue weighted by molar-refractivity contribution is -0.120. The van der Waals surface area contributed by atoms with Gasteiger partial charge in [0.15, 0.2) is 11.5 Å². The van der Waals surface area contributed by atoms with E-state index in [-0.39, 0.29) is 5.91 Å². The molecular formula is C18H20NO3. The van der Waals surface area contributed by atoms with Crippen LogP contribution in [-0.4, -0.2) is 26.7 Å². The van der Waals surface area contributed by atoms with Crippen molar-refractivity contribution in [1.82, 2.24) is 5.32 Å². The van der Waals surface area contributed by atoms with Gasteiger partial charge in [-0.25, -0.2) is 0 Å². The molecule has 4 heteroatoms. The Morgan fingerprint density at radius 3 is 2.64 bits per heavy atom. The number of benzene rings is 2. The normalized spacial score (nSPS) is 10.1. The third-order valence-electron chi connectivity index (χ3n) is 3.31. The number of hydrogen-bond acceptors (Lipinski definition) is 3. The molecule has 115 valence electrons. The summed E-state index contributed by atoms with van der Waals surface area (Å²) < 4.78 is 10.5. The molecule has 2 aromatic carbocycles. The number of methoxy groups -OCH3 is 2. The molecule has 2 rings (SSSR count). The van der Waals surface area contributed by atoms with Crippen LogP contribution in [0.5, 0.6) is 11.5 Å². The maximum absolute atomic E-state index is 11.9. The van der Waals surface area contributed by atoms with Gasteiger partial charge in [-0.15, -0.1) is 0 Å². The molecule has 1 radical (unpaired) electrons. The van der Waals surface area contributed by atoms with Gasteiger partial charge in [0, 0.05) is 6.54 Å². The Labute approximate surface area is 131 Å². The third-order valence-corrected chi connectivity index (χ3v) is 3.31. The van der Waals surface area contributed by atoms with Gasteiger partial charge in [-0.2, -0.15) is 0 Å². The Bertz CT molecular complexity index is 611. The van der Waals surface area contributed by atoms with Gasteiger partial charge >= 0.3 is 0 Å². The van der Waals surface area contributed by atoms with E-state index in [4.69, 9.17) is 9.47 Å². The fraction of sp³-hybridized carbons (Fsp3) is 0.278. The van der Waals surface area contributed by atoms with Gasteiger partial charge in [-0.3, -0.25) is 4.79 Å². The average Bonchev–Trinajstić information content (AvgIpc) is 2.55. The lowest BCUT2D eigenvalue weighted by atomic mass is 10.1. The van der Waals surface area contributed by atoms with E-state index in [1.165, 1.54) is 0 Å². The van der Waals surface area contributed by atoms with E-state index in [2.05, 4.69) is 11.4 Å². The summed E-state index contributed by atoms with van der Waals surface area (Å²) in [5.74, 6) is 1.41. The first-order valence-corrected chi connectivity index (χ1v) is 7.16. The molecule has 0 unspecified atom stereocenters. The standard InChI is InChI=1S/C18H20NO3/c1-21-16-9-8-15(12-17(16)22-2)10-11-19-18(20)13-14-6-4-3-5-7-14/h3-6,8-9,12H,10-11,13H2,1-2H3,(H,19,20). The summed E-state index contributed by atoms with van der Waals surface area (Å²) in [7, 11) is 3.22. The van der Waals surface area contributed by atoms with E-state index in [9.17, 15) is 4.79 Å². The first-order valence-electron chi connectivity index (χ1n) is 7.16. The molecule has 0 saturated heterocycles. The van der Waals surface area contributed by atoms with Crippen LogP contribution in [0.15, 0.2) is 42.5 Å². The lowest BCUT2D eigenvalue weighted by Crippen LogP contribution is -2.27. The van der Waals surface area contributed by atoms with Gasteiger partial charge in [0.05, 0.1) is 20.6 Å². The number of hydrogen-bond donors (Lipinski definition) is 1. The highest BCUT2D eigenvalue weighted by Gasteiger charge is 2.06. The molecule has 0 saturated carbocycles. The molecule has 0 spiro atoms. The van der Waals surface area contributed by atoms with E-state index in [1.807, 2.05) is 42.5 Å². The Morgan fingerprint density at radius 1 is 1.14 bits per heavy atom. The van der Waals surface area contributed by atoms with Crippen molar-refractivity contribution in [1.29, 1.82) is 0 Å². The summed E-state index contributed by atoms with van der Waals surface area (Å²) in [6, 6.07) is 16.3. The second-order valence-electron chi connectivity index (χ2n) is 4.85. The highest BCUT2D eigenvalue weighted by molar-refractivity contribution is 5.78. The van der Waals surface area contributed by atoms with Crippen LogP contribution in [0.1, 0.15) is 11.1 Å². The molecule has 1 amide bonds. The molecule has 0 atom stereocenters. The zero-order chi connectivity index (χ0) is 15.8. The second-order valence-corrected chi connectivity index (χ2v) is 4.85. The van der Waals surface area contributed by atoms with Crippen LogP contribution in [-0.2, 0) is 17.6 Å². The van der Waals surface area contributed by atoms with Crippen LogP contribution in [0.4, 0.5) is 0 Å². The van der Waals surface area contributed by atoms with Crippen molar-refractivity contribution in [2.45, 2.75) is 12.8 Å². The highest BCUT2D eigenvalue weighted by Crippen LogP contribution is 2.27. The molecule has 0 aliphatic carbocycles. The van der Waals surface area contributed by atoms with Gasteiger partial charge in [0.1, 0.15) is 0 Å². The van der Waals surface area contributed by atoms with Crippen molar-refractivity contribution in [3.8, 4) is 11.5 Å². The van der Waals surface area contributed by atoms with Crippen LogP contribution in [0.3, 0.4) is 0 Å². The van der Waals surface area contributed by atoms with E-state index >= 15 is 0 Å². The molecule has 22 heavy (non-hydrogen) atoms. The Kier molecular flexibility index (Phi) is 5.83. The minimum atomic E-state index is 0.00271. The molecule has 0 aliphatic heterocycles. The first kappa shape index (κ1) is 15.9. The summed E-state index contributed by atoms with van der Waals surface area (Å²) in [4.78, 5) is 11.9. The van der Waals surface area contributed by atoms with E-state index < -0.39 is 0 Å². The molecule has 0 heterocycles. The largest absolute Gasteiger partial charge is 0.493 e. The van der Waals surface area contributed by atoms with E-state index in [0.29, 0.717) is 24.5 Å². The van der Waals surface area contributed by atoms with Crippen molar-refractivity contribution in [3.05, 3.63) is 59.7 Å². The number of ether oxygens (including phenoxy) is 2. The SMILES string of the molecule is COc1ccc(CCNC(=O)Cc2[c]cccc2)cc1OC. The van der Waals surface area contributed by atoms with E-state index in [1.54, 1.807) is 14.2 Å². The number of rotatable bonds is 7. The van der Waals surface area contributed by atoms with E-state index in [0.717, 1.165) is 17.5 Å². The number of carbonyl (C=O) groups is 1. The first-order chi connectivity index (χ1) is 10.7.